The van der Waals surface area contributed by atoms with Gasteiger partial charge in [-0.15, -0.1) is 0 Å². The highest BCUT2D eigenvalue weighted by Gasteiger charge is 2.21. The number of aliphatic hydroxyl groups excluding tert-OH is 1. The van der Waals surface area contributed by atoms with Crippen LogP contribution >= 0.6 is 0 Å². The third kappa shape index (κ3) is 7.36. The number of β-amino-alcohol motifs (C(OH)–C–C–N with tert-alkyl or cyclic N) is 1. The third-order valence-corrected chi connectivity index (χ3v) is 7.43. The molecule has 0 spiro atoms. The Bertz CT molecular complexity index is 1460. The maximum atomic E-state index is 11.7. The van der Waals surface area contributed by atoms with E-state index in [2.05, 4.69) is 61.6 Å². The van der Waals surface area contributed by atoms with Gasteiger partial charge in [-0.3, -0.25) is 0 Å². The molecule has 0 aliphatic carbocycles. The van der Waals surface area contributed by atoms with Crippen LogP contribution in [0.25, 0.3) is 21.9 Å². The molecule has 0 aromatic heterocycles. The first-order chi connectivity index (χ1) is 19.0. The molecule has 4 rings (SSSR count). The number of carboxylic acids is 1. The first-order valence-electron chi connectivity index (χ1n) is 14.0. The van der Waals surface area contributed by atoms with Gasteiger partial charge in [0.2, 0.25) is 0 Å². The van der Waals surface area contributed by atoms with E-state index in [9.17, 15) is 15.0 Å². The molecule has 0 heterocycles. The summed E-state index contributed by atoms with van der Waals surface area (Å²) in [6.45, 7) is 10.9. The number of carboxylic acid groups (broad SMARTS) is 1. The Morgan fingerprint density at radius 3 is 2.30 bits per heavy atom. The highest BCUT2D eigenvalue weighted by molar-refractivity contribution is 5.90. The molecule has 2 atom stereocenters. The van der Waals surface area contributed by atoms with Gasteiger partial charge in [0.15, 0.2) is 0 Å². The van der Waals surface area contributed by atoms with E-state index in [1.54, 1.807) is 6.07 Å². The molecule has 5 heteroatoms. The smallest absolute Gasteiger partial charge is 0.335 e. The molecule has 5 nitrogen and oxygen atoms in total. The average molecular weight is 540 g/mol. The monoisotopic (exact) mass is 539 g/mol. The Balaban J connectivity index is 1.37. The summed E-state index contributed by atoms with van der Waals surface area (Å²) in [6.07, 6.45) is -0.0696. The molecule has 4 aromatic carbocycles. The lowest BCUT2D eigenvalue weighted by Crippen LogP contribution is -2.46. The van der Waals surface area contributed by atoms with Crippen molar-refractivity contribution in [2.45, 2.75) is 64.7 Å². The molecule has 3 N–H and O–H groups in total. The molecule has 0 bridgehead atoms. The van der Waals surface area contributed by atoms with Crippen LogP contribution in [0.2, 0.25) is 0 Å². The zero-order valence-corrected chi connectivity index (χ0v) is 24.1. The number of nitrogens with one attached hydrogen (secondary N) is 1. The number of rotatable bonds is 12. The maximum Gasteiger partial charge on any atom is 0.335 e. The second-order valence-electron chi connectivity index (χ2n) is 11.6. The number of fused-ring (bicyclic) bond motifs is 1. The largest absolute Gasteiger partial charge is 0.478 e. The number of ether oxygens (including phenoxy) is 1. The normalized spacial score (nSPS) is 13.5. The van der Waals surface area contributed by atoms with E-state index in [0.717, 1.165) is 28.7 Å². The molecular weight excluding hydrogens is 498 g/mol. The number of aromatic carboxylic acids is 1. The standard InChI is InChI=1S/C35H41NO4/c1-23(2)33-19-28(16-17-32(33)34(38)39)31-13-9-8-12-30(31)24(3)40-22-29(37)21-36-35(4,5)20-25-14-15-26-10-6-7-11-27(26)18-25/h6-19,23-24,29,36-37H,20-22H2,1-5H3,(H,38,39)/t24-,29-/m1/s1. The van der Waals surface area contributed by atoms with Crippen LogP contribution in [0, 0.1) is 0 Å². The molecule has 0 saturated carbocycles. The number of hydrogen-bond donors (Lipinski definition) is 3. The van der Waals surface area contributed by atoms with Gasteiger partial charge in [-0.05, 0) is 77.8 Å². The second kappa shape index (κ2) is 12.8. The van der Waals surface area contributed by atoms with Gasteiger partial charge in [-0.2, -0.15) is 0 Å². The van der Waals surface area contributed by atoms with Crippen molar-refractivity contribution in [3.05, 3.63) is 107 Å². The van der Waals surface area contributed by atoms with E-state index in [1.807, 2.05) is 57.2 Å². The van der Waals surface area contributed by atoms with Crippen molar-refractivity contribution in [3.63, 3.8) is 0 Å². The Kier molecular flexibility index (Phi) is 9.41. The maximum absolute atomic E-state index is 11.7. The lowest BCUT2D eigenvalue weighted by molar-refractivity contribution is -0.00397. The fourth-order valence-corrected chi connectivity index (χ4v) is 5.24. The fourth-order valence-electron chi connectivity index (χ4n) is 5.24. The van der Waals surface area contributed by atoms with E-state index in [0.29, 0.717) is 12.1 Å². The van der Waals surface area contributed by atoms with Crippen molar-refractivity contribution in [2.75, 3.05) is 13.2 Å². The zero-order valence-electron chi connectivity index (χ0n) is 24.1. The summed E-state index contributed by atoms with van der Waals surface area (Å²) in [7, 11) is 0. The first kappa shape index (κ1) is 29.5. The number of aliphatic hydroxyl groups is 1. The molecule has 4 aromatic rings. The van der Waals surface area contributed by atoms with Crippen LogP contribution in [0.1, 0.15) is 73.7 Å². The summed E-state index contributed by atoms with van der Waals surface area (Å²) in [6, 6.07) is 28.4. The Morgan fingerprint density at radius 2 is 1.57 bits per heavy atom. The minimum absolute atomic E-state index is 0.0834. The van der Waals surface area contributed by atoms with Crippen LogP contribution in [0.15, 0.2) is 84.9 Å². The molecule has 0 amide bonds. The summed E-state index contributed by atoms with van der Waals surface area (Å²) >= 11 is 0. The predicted octanol–water partition coefficient (Wildman–Crippen LogP) is 7.38. The number of carbonyl (C=O) groups is 1. The first-order valence-corrected chi connectivity index (χ1v) is 14.0. The van der Waals surface area contributed by atoms with Gasteiger partial charge in [-0.25, -0.2) is 4.79 Å². The van der Waals surface area contributed by atoms with Crippen molar-refractivity contribution in [1.29, 1.82) is 0 Å². The van der Waals surface area contributed by atoms with Gasteiger partial charge < -0.3 is 20.3 Å². The van der Waals surface area contributed by atoms with Gasteiger partial charge >= 0.3 is 5.97 Å². The molecule has 210 valence electrons. The highest BCUT2D eigenvalue weighted by Crippen LogP contribution is 2.33. The van der Waals surface area contributed by atoms with E-state index >= 15 is 0 Å². The van der Waals surface area contributed by atoms with Gasteiger partial charge in [0.25, 0.3) is 0 Å². The minimum Gasteiger partial charge on any atom is -0.478 e. The summed E-state index contributed by atoms with van der Waals surface area (Å²) in [5.74, 6) is -0.830. The number of benzene rings is 4. The van der Waals surface area contributed by atoms with E-state index in [1.165, 1.54) is 16.3 Å². The second-order valence-corrected chi connectivity index (χ2v) is 11.6. The average Bonchev–Trinajstić information content (AvgIpc) is 2.94. The molecule has 0 aliphatic heterocycles. The lowest BCUT2D eigenvalue weighted by Gasteiger charge is -2.28. The van der Waals surface area contributed by atoms with Gasteiger partial charge in [0.1, 0.15) is 0 Å². The van der Waals surface area contributed by atoms with Gasteiger partial charge in [-0.1, -0.05) is 92.7 Å². The SMILES string of the molecule is CC(C)c1cc(-c2ccccc2[C@@H](C)OC[C@H](O)CNC(C)(C)Cc2ccc3ccccc3c2)ccc1C(=O)O. The van der Waals surface area contributed by atoms with Crippen LogP contribution in [-0.4, -0.2) is 41.0 Å². The Morgan fingerprint density at radius 1 is 0.875 bits per heavy atom. The quantitative estimate of drug-likeness (QED) is 0.175. The van der Waals surface area contributed by atoms with Crippen molar-refractivity contribution in [2.24, 2.45) is 0 Å². The topological polar surface area (TPSA) is 78.8 Å². The third-order valence-electron chi connectivity index (χ3n) is 7.43. The van der Waals surface area contributed by atoms with E-state index < -0.39 is 12.1 Å². The molecule has 40 heavy (non-hydrogen) atoms. The number of hydrogen-bond acceptors (Lipinski definition) is 4. The summed E-state index contributed by atoms with van der Waals surface area (Å²) in [5.41, 5.74) is 5.15. The lowest BCUT2D eigenvalue weighted by atomic mass is 9.90. The molecule has 0 fully saturated rings. The molecule has 0 saturated heterocycles. The van der Waals surface area contributed by atoms with Crippen molar-refractivity contribution in [1.82, 2.24) is 5.32 Å². The van der Waals surface area contributed by atoms with Crippen LogP contribution in [0.3, 0.4) is 0 Å². The molecular formula is C35H41NO4. The van der Waals surface area contributed by atoms with Crippen molar-refractivity contribution in [3.8, 4) is 11.1 Å². The summed E-state index contributed by atoms with van der Waals surface area (Å²) < 4.78 is 6.14. The van der Waals surface area contributed by atoms with Crippen LogP contribution in [-0.2, 0) is 11.2 Å². The van der Waals surface area contributed by atoms with Crippen molar-refractivity contribution >= 4 is 16.7 Å². The van der Waals surface area contributed by atoms with Crippen LogP contribution in [0.5, 0.6) is 0 Å². The zero-order chi connectivity index (χ0) is 28.9. The highest BCUT2D eigenvalue weighted by atomic mass is 16.5. The van der Waals surface area contributed by atoms with Gasteiger partial charge in [0.05, 0.1) is 24.4 Å². The van der Waals surface area contributed by atoms with Crippen molar-refractivity contribution < 1.29 is 19.7 Å². The summed E-state index contributed by atoms with van der Waals surface area (Å²) in [5, 5.41) is 26.3. The van der Waals surface area contributed by atoms with Crippen LogP contribution < -0.4 is 5.32 Å². The Hall–Kier alpha value is -3.51. The Labute approximate surface area is 237 Å². The van der Waals surface area contributed by atoms with E-state index in [-0.39, 0.29) is 24.2 Å². The van der Waals surface area contributed by atoms with E-state index in [4.69, 9.17) is 4.74 Å². The summed E-state index contributed by atoms with van der Waals surface area (Å²) in [4.78, 5) is 11.7. The fraction of sp³-hybridized carbons (Fsp3) is 0.343. The predicted molar refractivity (Wildman–Crippen MR) is 163 cm³/mol. The van der Waals surface area contributed by atoms with Gasteiger partial charge in [0, 0.05) is 12.1 Å². The molecule has 0 aliphatic rings. The molecule has 0 radical (unpaired) electrons. The van der Waals surface area contributed by atoms with Crippen LogP contribution in [0.4, 0.5) is 0 Å². The minimum atomic E-state index is -0.914. The molecule has 0 unspecified atom stereocenters.